The molecule has 3 fully saturated rings. The Bertz CT molecular complexity index is 859. The quantitative estimate of drug-likeness (QED) is 0.734. The number of piperidine rings is 3. The molecule has 5 heteroatoms. The van der Waals surface area contributed by atoms with Crippen LogP contribution in [0.4, 0.5) is 0 Å². The van der Waals surface area contributed by atoms with E-state index in [0.29, 0.717) is 18.8 Å². The highest BCUT2D eigenvalue weighted by atomic mass is 35.5. The Hall–Kier alpha value is -1.88. The summed E-state index contributed by atoms with van der Waals surface area (Å²) in [5.41, 5.74) is 1.04. The predicted molar refractivity (Wildman–Crippen MR) is 114 cm³/mol. The first-order chi connectivity index (χ1) is 13.5. The summed E-state index contributed by atoms with van der Waals surface area (Å²) in [7, 11) is 0. The molecule has 3 aliphatic rings. The Morgan fingerprint density at radius 1 is 1.18 bits per heavy atom. The maximum Gasteiger partial charge on any atom is 0.337 e. The monoisotopic (exact) mass is 403 g/mol. The number of carboxylic acid groups (broad SMARTS) is 1. The summed E-state index contributed by atoms with van der Waals surface area (Å²) in [5, 5.41) is 21.5. The molecule has 0 amide bonds. The summed E-state index contributed by atoms with van der Waals surface area (Å²) in [5.74, 6) is -0.291. The lowest BCUT2D eigenvalue weighted by atomic mass is 9.66. The van der Waals surface area contributed by atoms with E-state index in [1.165, 1.54) is 0 Å². The van der Waals surface area contributed by atoms with Gasteiger partial charge in [0.25, 0.3) is 0 Å². The second-order valence-corrected chi connectivity index (χ2v) is 8.56. The molecule has 28 heavy (non-hydrogen) atoms. The van der Waals surface area contributed by atoms with Crippen LogP contribution in [0.2, 0.25) is 5.02 Å². The largest absolute Gasteiger partial charge is 0.478 e. The molecule has 0 spiro atoms. The SMILES string of the molecule is O=C(O)c1cc(CCC(O)(c2ccccc2)C2CN3CCC2CC3)ccc1Cl.[HH].[HH]. The van der Waals surface area contributed by atoms with Crippen LogP contribution < -0.4 is 0 Å². The van der Waals surface area contributed by atoms with E-state index in [1.807, 2.05) is 36.4 Å². The van der Waals surface area contributed by atoms with E-state index in [-0.39, 0.29) is 19.4 Å². The number of carbonyl (C=O) groups is 1. The number of hydrogen-bond donors (Lipinski definition) is 2. The number of benzene rings is 2. The van der Waals surface area contributed by atoms with Gasteiger partial charge in [-0.05, 0) is 68.0 Å². The number of fused-ring (bicyclic) bond motifs is 3. The number of rotatable bonds is 6. The van der Waals surface area contributed by atoms with Crippen molar-refractivity contribution in [2.45, 2.75) is 31.3 Å². The van der Waals surface area contributed by atoms with Gasteiger partial charge in [0.1, 0.15) is 0 Å². The lowest BCUT2D eigenvalue weighted by Crippen LogP contribution is -2.55. The maximum atomic E-state index is 12.0. The second-order valence-electron chi connectivity index (χ2n) is 8.15. The van der Waals surface area contributed by atoms with E-state index in [1.54, 1.807) is 12.1 Å². The zero-order chi connectivity index (χ0) is 19.7. The van der Waals surface area contributed by atoms with Gasteiger partial charge in [-0.25, -0.2) is 4.79 Å². The summed E-state index contributed by atoms with van der Waals surface area (Å²) < 4.78 is 0. The standard InChI is InChI=1S/C23H26ClNO3.2H2/c24-21-7-6-16(14-19(21)22(26)27)8-11-23(28,18-4-2-1-3-5-18)20-15-25-12-9-17(20)10-13-25;;/h1-7,14,17,20,28H,8-13,15H2,(H,26,27);2*1H. The number of aromatic carboxylic acids is 1. The summed E-state index contributed by atoms with van der Waals surface area (Å²) in [6.07, 6.45) is 3.45. The summed E-state index contributed by atoms with van der Waals surface area (Å²) in [4.78, 5) is 13.9. The Balaban J connectivity index is 0.00000160. The number of nitrogens with zero attached hydrogens (tertiary/aromatic N) is 1. The molecular weight excluding hydrogens is 374 g/mol. The maximum absolute atomic E-state index is 12.0. The first-order valence-electron chi connectivity index (χ1n) is 9.99. The minimum absolute atomic E-state index is 0. The van der Waals surface area contributed by atoms with Crippen LogP contribution in [-0.2, 0) is 12.0 Å². The van der Waals surface area contributed by atoms with Crippen LogP contribution in [-0.4, -0.2) is 40.7 Å². The predicted octanol–water partition coefficient (Wildman–Crippen LogP) is 4.69. The zero-order valence-electron chi connectivity index (χ0n) is 15.9. The van der Waals surface area contributed by atoms with Crippen molar-refractivity contribution >= 4 is 17.6 Å². The highest BCUT2D eigenvalue weighted by molar-refractivity contribution is 6.33. The fraction of sp³-hybridized carbons (Fsp3) is 0.435. The van der Waals surface area contributed by atoms with Gasteiger partial charge in [-0.2, -0.15) is 0 Å². The van der Waals surface area contributed by atoms with Crippen LogP contribution in [0.5, 0.6) is 0 Å². The van der Waals surface area contributed by atoms with Gasteiger partial charge in [0.15, 0.2) is 0 Å². The van der Waals surface area contributed by atoms with Gasteiger partial charge in [-0.1, -0.05) is 48.0 Å². The van der Waals surface area contributed by atoms with E-state index in [0.717, 1.165) is 43.6 Å². The molecule has 2 aromatic carbocycles. The topological polar surface area (TPSA) is 60.8 Å². The lowest BCUT2D eigenvalue weighted by molar-refractivity contribution is -0.106. The third kappa shape index (κ3) is 3.69. The van der Waals surface area contributed by atoms with Crippen LogP contribution >= 0.6 is 11.6 Å². The summed E-state index contributed by atoms with van der Waals surface area (Å²) in [6, 6.07) is 15.1. The first kappa shape index (κ1) is 19.4. The molecule has 0 aromatic heterocycles. The normalized spacial score (nSPS) is 26.0. The Morgan fingerprint density at radius 2 is 1.89 bits per heavy atom. The van der Waals surface area contributed by atoms with Crippen molar-refractivity contribution in [2.24, 2.45) is 11.8 Å². The van der Waals surface area contributed by atoms with Crippen LogP contribution in [0.25, 0.3) is 0 Å². The molecule has 152 valence electrons. The van der Waals surface area contributed by atoms with Gasteiger partial charge in [0.05, 0.1) is 16.2 Å². The van der Waals surface area contributed by atoms with E-state index in [2.05, 4.69) is 4.90 Å². The molecule has 2 aromatic rings. The highest BCUT2D eigenvalue weighted by Crippen LogP contribution is 2.45. The van der Waals surface area contributed by atoms with Crippen molar-refractivity contribution in [2.75, 3.05) is 19.6 Å². The summed E-state index contributed by atoms with van der Waals surface area (Å²) in [6.45, 7) is 3.19. The van der Waals surface area contributed by atoms with Crippen LogP contribution in [0.3, 0.4) is 0 Å². The second kappa shape index (κ2) is 7.86. The number of carboxylic acids is 1. The van der Waals surface area contributed by atoms with E-state index in [4.69, 9.17) is 11.6 Å². The first-order valence-corrected chi connectivity index (χ1v) is 10.4. The van der Waals surface area contributed by atoms with Crippen LogP contribution in [0.15, 0.2) is 48.5 Å². The van der Waals surface area contributed by atoms with Gasteiger partial charge in [0.2, 0.25) is 0 Å². The molecule has 2 bridgehead atoms. The highest BCUT2D eigenvalue weighted by Gasteiger charge is 2.47. The molecule has 0 radical (unpaired) electrons. The number of aryl methyl sites for hydroxylation is 1. The van der Waals surface area contributed by atoms with Crippen molar-refractivity contribution in [3.8, 4) is 0 Å². The molecule has 3 saturated heterocycles. The van der Waals surface area contributed by atoms with E-state index in [9.17, 15) is 15.0 Å². The Morgan fingerprint density at radius 3 is 2.50 bits per heavy atom. The molecule has 2 unspecified atom stereocenters. The van der Waals surface area contributed by atoms with Crippen molar-refractivity contribution in [3.05, 3.63) is 70.2 Å². The molecule has 2 N–H and O–H groups in total. The number of halogens is 1. The molecular formula is C23H30ClNO3. The van der Waals surface area contributed by atoms with Crippen molar-refractivity contribution in [1.29, 1.82) is 0 Å². The molecule has 0 saturated carbocycles. The minimum atomic E-state index is -1.03. The van der Waals surface area contributed by atoms with Gasteiger partial charge in [-0.3, -0.25) is 0 Å². The van der Waals surface area contributed by atoms with Crippen LogP contribution in [0.1, 0.15) is 43.6 Å². The van der Waals surface area contributed by atoms with Gasteiger partial charge >= 0.3 is 5.97 Å². The third-order valence-corrected chi connectivity index (χ3v) is 6.93. The Kier molecular flexibility index (Phi) is 5.46. The average molecular weight is 404 g/mol. The molecule has 5 rings (SSSR count). The fourth-order valence-electron chi connectivity index (χ4n) is 5.00. The molecule has 2 atom stereocenters. The van der Waals surface area contributed by atoms with E-state index >= 15 is 0 Å². The van der Waals surface area contributed by atoms with Gasteiger partial charge < -0.3 is 15.1 Å². The third-order valence-electron chi connectivity index (χ3n) is 6.60. The lowest BCUT2D eigenvalue weighted by Gasteiger charge is -2.51. The zero-order valence-corrected chi connectivity index (χ0v) is 16.6. The minimum Gasteiger partial charge on any atom is -0.478 e. The smallest absolute Gasteiger partial charge is 0.337 e. The number of aliphatic hydroxyl groups is 1. The molecule has 4 nitrogen and oxygen atoms in total. The van der Waals surface area contributed by atoms with E-state index < -0.39 is 11.6 Å². The molecule has 3 heterocycles. The fourth-order valence-corrected chi connectivity index (χ4v) is 5.20. The molecule has 0 aliphatic carbocycles. The van der Waals surface area contributed by atoms with Crippen molar-refractivity contribution < 1.29 is 17.9 Å². The number of hydrogen-bond acceptors (Lipinski definition) is 3. The Labute approximate surface area is 173 Å². The van der Waals surface area contributed by atoms with Crippen molar-refractivity contribution in [3.63, 3.8) is 0 Å². The molecule has 3 aliphatic heterocycles. The van der Waals surface area contributed by atoms with Crippen LogP contribution in [0, 0.1) is 11.8 Å². The van der Waals surface area contributed by atoms with Gasteiger partial charge in [0, 0.05) is 15.3 Å². The van der Waals surface area contributed by atoms with Crippen molar-refractivity contribution in [1.82, 2.24) is 4.90 Å². The van der Waals surface area contributed by atoms with Gasteiger partial charge in [-0.15, -0.1) is 0 Å². The summed E-state index contributed by atoms with van der Waals surface area (Å²) >= 11 is 6.01. The average Bonchev–Trinajstić information content (AvgIpc) is 2.74.